The van der Waals surface area contributed by atoms with Crippen molar-refractivity contribution in [3.63, 3.8) is 0 Å². The molecule has 4 aromatic rings. The summed E-state index contributed by atoms with van der Waals surface area (Å²) in [5.41, 5.74) is 4.46. The first-order valence-electron chi connectivity index (χ1n) is 8.26. The number of benzene rings is 2. The molecule has 2 aromatic heterocycles. The van der Waals surface area contributed by atoms with Gasteiger partial charge in [0.1, 0.15) is 0 Å². The Balaban J connectivity index is 1.60. The molecule has 0 radical (unpaired) electrons. The standard InChI is InChI=1S/C20H14ClN3O3S/c1-26-17-8-4-6-12-9-14(19(25)27-18(12)17)16-11-28-20(23-16)24-22-10-13-5-2-3-7-15(13)21/h2-11H,1H3,(H,23,24)/b22-10-. The summed E-state index contributed by atoms with van der Waals surface area (Å²) < 4.78 is 10.7. The molecule has 140 valence electrons. The number of ether oxygens (including phenoxy) is 1. The molecular weight excluding hydrogens is 398 g/mol. The van der Waals surface area contributed by atoms with Gasteiger partial charge in [-0.25, -0.2) is 9.78 Å². The van der Waals surface area contributed by atoms with E-state index >= 15 is 0 Å². The Morgan fingerprint density at radius 3 is 2.93 bits per heavy atom. The molecule has 8 heteroatoms. The van der Waals surface area contributed by atoms with E-state index in [4.69, 9.17) is 20.8 Å². The van der Waals surface area contributed by atoms with Gasteiger partial charge in [-0.2, -0.15) is 5.10 Å². The number of anilines is 1. The summed E-state index contributed by atoms with van der Waals surface area (Å²) >= 11 is 7.42. The summed E-state index contributed by atoms with van der Waals surface area (Å²) in [4.78, 5) is 16.8. The summed E-state index contributed by atoms with van der Waals surface area (Å²) in [6, 6.07) is 14.6. The average Bonchev–Trinajstić information content (AvgIpc) is 3.17. The number of aromatic nitrogens is 1. The zero-order valence-electron chi connectivity index (χ0n) is 14.7. The molecule has 0 aliphatic carbocycles. The Bertz CT molecular complexity index is 1230. The van der Waals surface area contributed by atoms with Crippen LogP contribution in [0.4, 0.5) is 5.13 Å². The van der Waals surface area contributed by atoms with Gasteiger partial charge in [0.05, 0.1) is 24.6 Å². The van der Waals surface area contributed by atoms with Gasteiger partial charge in [-0.1, -0.05) is 41.9 Å². The molecule has 0 bridgehead atoms. The van der Waals surface area contributed by atoms with E-state index in [1.807, 2.05) is 30.3 Å². The SMILES string of the molecule is COc1cccc2cc(-c3csc(N/N=C\c4ccccc4Cl)n3)c(=O)oc12. The van der Waals surface area contributed by atoms with Gasteiger partial charge in [-0.05, 0) is 18.2 Å². The highest BCUT2D eigenvalue weighted by atomic mass is 35.5. The topological polar surface area (TPSA) is 76.7 Å². The van der Waals surface area contributed by atoms with Gasteiger partial charge < -0.3 is 9.15 Å². The quantitative estimate of drug-likeness (QED) is 0.283. The highest BCUT2D eigenvalue weighted by Crippen LogP contribution is 2.29. The lowest BCUT2D eigenvalue weighted by molar-refractivity contribution is 0.407. The first kappa shape index (κ1) is 18.2. The highest BCUT2D eigenvalue weighted by Gasteiger charge is 2.13. The summed E-state index contributed by atoms with van der Waals surface area (Å²) in [6.07, 6.45) is 1.61. The third kappa shape index (κ3) is 3.62. The molecule has 0 aliphatic rings. The fraction of sp³-hybridized carbons (Fsp3) is 0.0500. The van der Waals surface area contributed by atoms with Crippen molar-refractivity contribution in [3.8, 4) is 17.0 Å². The molecule has 0 amide bonds. The van der Waals surface area contributed by atoms with Crippen molar-refractivity contribution in [2.45, 2.75) is 0 Å². The van der Waals surface area contributed by atoms with Gasteiger partial charge in [0.15, 0.2) is 11.3 Å². The molecule has 0 fully saturated rings. The molecule has 0 saturated carbocycles. The minimum absolute atomic E-state index is 0.375. The number of hydrogen-bond donors (Lipinski definition) is 1. The lowest BCUT2D eigenvalue weighted by Crippen LogP contribution is -2.03. The normalized spacial score (nSPS) is 11.2. The molecular formula is C20H14ClN3O3S. The van der Waals surface area contributed by atoms with Crippen molar-refractivity contribution < 1.29 is 9.15 Å². The lowest BCUT2D eigenvalue weighted by Gasteiger charge is -2.04. The highest BCUT2D eigenvalue weighted by molar-refractivity contribution is 7.14. The molecule has 6 nitrogen and oxygen atoms in total. The van der Waals surface area contributed by atoms with Crippen LogP contribution in [0.5, 0.6) is 5.75 Å². The second-order valence-electron chi connectivity index (χ2n) is 5.76. The Morgan fingerprint density at radius 1 is 1.25 bits per heavy atom. The number of nitrogens with zero attached hydrogens (tertiary/aromatic N) is 2. The number of nitrogens with one attached hydrogen (secondary N) is 1. The van der Waals surface area contributed by atoms with E-state index in [1.54, 1.807) is 29.8 Å². The van der Waals surface area contributed by atoms with E-state index < -0.39 is 5.63 Å². The van der Waals surface area contributed by atoms with Gasteiger partial charge >= 0.3 is 5.63 Å². The summed E-state index contributed by atoms with van der Waals surface area (Å²) in [7, 11) is 1.53. The van der Waals surface area contributed by atoms with E-state index in [0.717, 1.165) is 10.9 Å². The van der Waals surface area contributed by atoms with Gasteiger partial charge in [0.2, 0.25) is 5.13 Å². The molecule has 1 N–H and O–H groups in total. The Kier molecular flexibility index (Phi) is 5.10. The minimum Gasteiger partial charge on any atom is -0.493 e. The van der Waals surface area contributed by atoms with Crippen LogP contribution in [-0.2, 0) is 0 Å². The minimum atomic E-state index is -0.478. The van der Waals surface area contributed by atoms with Crippen molar-refractivity contribution in [1.82, 2.24) is 4.98 Å². The predicted molar refractivity (Wildman–Crippen MR) is 113 cm³/mol. The third-order valence-corrected chi connectivity index (χ3v) is 5.08. The van der Waals surface area contributed by atoms with E-state index in [-0.39, 0.29) is 0 Å². The van der Waals surface area contributed by atoms with Crippen LogP contribution >= 0.6 is 22.9 Å². The zero-order valence-corrected chi connectivity index (χ0v) is 16.3. The first-order valence-corrected chi connectivity index (χ1v) is 9.52. The lowest BCUT2D eigenvalue weighted by atomic mass is 10.1. The molecule has 0 saturated heterocycles. The average molecular weight is 412 g/mol. The molecule has 0 spiro atoms. The molecule has 0 atom stereocenters. The van der Waals surface area contributed by atoms with Crippen molar-refractivity contribution in [1.29, 1.82) is 0 Å². The second kappa shape index (κ2) is 7.84. The summed E-state index contributed by atoms with van der Waals surface area (Å²) in [6.45, 7) is 0. The van der Waals surface area contributed by atoms with E-state index in [2.05, 4.69) is 15.5 Å². The molecule has 2 aromatic carbocycles. The summed E-state index contributed by atoms with van der Waals surface area (Å²) in [5, 5.41) is 7.83. The molecule has 28 heavy (non-hydrogen) atoms. The van der Waals surface area contributed by atoms with E-state index in [1.165, 1.54) is 18.4 Å². The maximum Gasteiger partial charge on any atom is 0.345 e. The van der Waals surface area contributed by atoms with Gasteiger partial charge in [0, 0.05) is 21.4 Å². The van der Waals surface area contributed by atoms with Crippen LogP contribution in [0.1, 0.15) is 5.56 Å². The molecule has 0 unspecified atom stereocenters. The van der Waals surface area contributed by atoms with Crippen LogP contribution in [-0.4, -0.2) is 18.3 Å². The van der Waals surface area contributed by atoms with Crippen LogP contribution in [0, 0.1) is 0 Å². The Labute approximate surface area is 169 Å². The predicted octanol–water partition coefficient (Wildman–Crippen LogP) is 5.02. The smallest absolute Gasteiger partial charge is 0.345 e. The van der Waals surface area contributed by atoms with Crippen molar-refractivity contribution in [2.24, 2.45) is 5.10 Å². The van der Waals surface area contributed by atoms with Gasteiger partial charge in [-0.3, -0.25) is 5.43 Å². The van der Waals surface area contributed by atoms with Crippen LogP contribution in [0.3, 0.4) is 0 Å². The number of methoxy groups -OCH3 is 1. The Morgan fingerprint density at radius 2 is 2.11 bits per heavy atom. The Hall–Kier alpha value is -3.16. The maximum atomic E-state index is 12.4. The number of hydrogen-bond acceptors (Lipinski definition) is 7. The molecule has 4 rings (SSSR count). The third-order valence-electron chi connectivity index (χ3n) is 3.99. The largest absolute Gasteiger partial charge is 0.493 e. The number of halogens is 1. The van der Waals surface area contributed by atoms with Gasteiger partial charge in [0.25, 0.3) is 0 Å². The number of thiazole rings is 1. The number of rotatable bonds is 5. The van der Waals surface area contributed by atoms with Crippen LogP contribution in [0.25, 0.3) is 22.2 Å². The number of fused-ring (bicyclic) bond motifs is 1. The fourth-order valence-corrected chi connectivity index (χ4v) is 3.49. The zero-order chi connectivity index (χ0) is 19.5. The molecule has 2 heterocycles. The maximum absolute atomic E-state index is 12.4. The van der Waals surface area contributed by atoms with E-state index in [9.17, 15) is 4.79 Å². The molecule has 0 aliphatic heterocycles. The van der Waals surface area contributed by atoms with Crippen molar-refractivity contribution >= 4 is 45.3 Å². The number of hydrazone groups is 1. The number of para-hydroxylation sites is 1. The van der Waals surface area contributed by atoms with Crippen molar-refractivity contribution in [2.75, 3.05) is 12.5 Å². The summed E-state index contributed by atoms with van der Waals surface area (Å²) in [5.74, 6) is 0.510. The first-order chi connectivity index (χ1) is 13.7. The van der Waals surface area contributed by atoms with Gasteiger partial charge in [-0.15, -0.1) is 11.3 Å². The van der Waals surface area contributed by atoms with Crippen LogP contribution < -0.4 is 15.8 Å². The van der Waals surface area contributed by atoms with Crippen molar-refractivity contribution in [3.05, 3.63) is 74.9 Å². The monoisotopic (exact) mass is 411 g/mol. The van der Waals surface area contributed by atoms with Crippen LogP contribution in [0.2, 0.25) is 5.02 Å². The van der Waals surface area contributed by atoms with E-state index in [0.29, 0.717) is 32.7 Å². The fourth-order valence-electron chi connectivity index (χ4n) is 2.64. The second-order valence-corrected chi connectivity index (χ2v) is 7.02. The van der Waals surface area contributed by atoms with Crippen LogP contribution in [0.15, 0.2) is 68.2 Å².